The fraction of sp³-hybridized carbons (Fsp3) is 0.438. The van der Waals surface area contributed by atoms with Crippen LogP contribution in [0.2, 0.25) is 0 Å². The summed E-state index contributed by atoms with van der Waals surface area (Å²) in [5, 5.41) is 7.97. The summed E-state index contributed by atoms with van der Waals surface area (Å²) in [5.41, 5.74) is 7.71. The summed E-state index contributed by atoms with van der Waals surface area (Å²) in [7, 11) is 2.00. The Bertz CT molecular complexity index is 582. The molecule has 0 aliphatic carbocycles. The molecular weight excluding hydrogens is 234 g/mol. The molecule has 3 heteroatoms. The van der Waals surface area contributed by atoms with Crippen LogP contribution in [0.4, 0.5) is 0 Å². The van der Waals surface area contributed by atoms with Gasteiger partial charge >= 0.3 is 0 Å². The van der Waals surface area contributed by atoms with Gasteiger partial charge in [-0.1, -0.05) is 23.8 Å². The summed E-state index contributed by atoms with van der Waals surface area (Å²) in [4.78, 5) is 0. The molecule has 1 aromatic heterocycles. The van der Waals surface area contributed by atoms with Gasteiger partial charge in [-0.05, 0) is 38.8 Å². The van der Waals surface area contributed by atoms with Crippen LogP contribution in [-0.2, 0) is 20.1 Å². The van der Waals surface area contributed by atoms with Gasteiger partial charge in [-0.25, -0.2) is 0 Å². The Balaban J connectivity index is 2.02. The zero-order valence-corrected chi connectivity index (χ0v) is 12.5. The molecule has 0 aliphatic rings. The molecule has 0 unspecified atom stereocenters. The van der Waals surface area contributed by atoms with Crippen LogP contribution < -0.4 is 5.32 Å². The van der Waals surface area contributed by atoms with Gasteiger partial charge in [0.25, 0.3) is 0 Å². The van der Waals surface area contributed by atoms with E-state index in [1.54, 1.807) is 0 Å². The van der Waals surface area contributed by atoms with E-state index in [1.807, 2.05) is 11.7 Å². The Kier molecular flexibility index (Phi) is 4.05. The van der Waals surface area contributed by atoms with Gasteiger partial charge in [0.1, 0.15) is 0 Å². The molecule has 1 aromatic carbocycles. The number of hydrogen-bond acceptors (Lipinski definition) is 2. The average molecular weight is 257 g/mol. The molecule has 0 spiro atoms. The second kappa shape index (κ2) is 5.57. The largest absolute Gasteiger partial charge is 0.308 e. The highest BCUT2D eigenvalue weighted by Crippen LogP contribution is 2.13. The van der Waals surface area contributed by atoms with E-state index in [2.05, 4.69) is 56.3 Å². The highest BCUT2D eigenvalue weighted by Gasteiger charge is 2.08. The Morgan fingerprint density at radius 2 is 1.84 bits per heavy atom. The fourth-order valence-corrected chi connectivity index (χ4v) is 2.39. The van der Waals surface area contributed by atoms with E-state index in [-0.39, 0.29) is 0 Å². The van der Waals surface area contributed by atoms with Crippen LogP contribution in [0.15, 0.2) is 18.2 Å². The molecule has 2 rings (SSSR count). The van der Waals surface area contributed by atoms with E-state index in [9.17, 15) is 0 Å². The lowest BCUT2D eigenvalue weighted by molar-refractivity contribution is 0.681. The number of rotatable bonds is 4. The standard InChI is InChI=1S/C16H23N3/c1-11-6-7-12(2)15(8-11)9-17-10-16-13(3)18-19(5)14(16)4/h6-8,17H,9-10H2,1-5H3. The van der Waals surface area contributed by atoms with Crippen LogP contribution in [0.25, 0.3) is 0 Å². The molecule has 0 radical (unpaired) electrons. The van der Waals surface area contributed by atoms with Crippen LogP contribution in [0.5, 0.6) is 0 Å². The van der Waals surface area contributed by atoms with Gasteiger partial charge in [0, 0.05) is 31.4 Å². The quantitative estimate of drug-likeness (QED) is 0.912. The average Bonchev–Trinajstić information content (AvgIpc) is 2.60. The number of benzene rings is 1. The summed E-state index contributed by atoms with van der Waals surface area (Å²) in [6.07, 6.45) is 0. The molecule has 0 fully saturated rings. The van der Waals surface area contributed by atoms with E-state index in [0.29, 0.717) is 0 Å². The van der Waals surface area contributed by atoms with Gasteiger partial charge in [-0.15, -0.1) is 0 Å². The molecule has 0 amide bonds. The lowest BCUT2D eigenvalue weighted by Crippen LogP contribution is -2.14. The molecule has 0 aliphatic heterocycles. The lowest BCUT2D eigenvalue weighted by Gasteiger charge is -2.09. The maximum Gasteiger partial charge on any atom is 0.0641 e. The molecule has 102 valence electrons. The second-order valence-corrected chi connectivity index (χ2v) is 5.31. The topological polar surface area (TPSA) is 29.9 Å². The van der Waals surface area contributed by atoms with Gasteiger partial charge < -0.3 is 5.32 Å². The van der Waals surface area contributed by atoms with Crippen LogP contribution in [0.3, 0.4) is 0 Å². The van der Waals surface area contributed by atoms with Gasteiger partial charge in [-0.2, -0.15) is 5.10 Å². The normalized spacial score (nSPS) is 11.0. The van der Waals surface area contributed by atoms with Crippen molar-refractivity contribution < 1.29 is 0 Å². The predicted octanol–water partition coefficient (Wildman–Crippen LogP) is 2.94. The maximum absolute atomic E-state index is 4.44. The third-order valence-electron chi connectivity index (χ3n) is 3.78. The first-order valence-corrected chi connectivity index (χ1v) is 6.75. The maximum atomic E-state index is 4.44. The first kappa shape index (κ1) is 13.8. The second-order valence-electron chi connectivity index (χ2n) is 5.31. The zero-order chi connectivity index (χ0) is 14.0. The smallest absolute Gasteiger partial charge is 0.0641 e. The summed E-state index contributed by atoms with van der Waals surface area (Å²) >= 11 is 0. The van der Waals surface area contributed by atoms with E-state index < -0.39 is 0 Å². The molecule has 3 nitrogen and oxygen atoms in total. The van der Waals surface area contributed by atoms with Crippen molar-refractivity contribution in [2.24, 2.45) is 7.05 Å². The molecule has 19 heavy (non-hydrogen) atoms. The van der Waals surface area contributed by atoms with Gasteiger partial charge in [-0.3, -0.25) is 4.68 Å². The molecule has 0 bridgehead atoms. The van der Waals surface area contributed by atoms with Crippen LogP contribution >= 0.6 is 0 Å². The summed E-state index contributed by atoms with van der Waals surface area (Å²) in [6.45, 7) is 10.3. The molecular formula is C16H23N3. The Labute approximate surface area is 115 Å². The van der Waals surface area contributed by atoms with E-state index in [4.69, 9.17) is 0 Å². The van der Waals surface area contributed by atoms with Crippen molar-refractivity contribution in [2.75, 3.05) is 0 Å². The monoisotopic (exact) mass is 257 g/mol. The van der Waals surface area contributed by atoms with Gasteiger partial charge in [0.2, 0.25) is 0 Å². The van der Waals surface area contributed by atoms with E-state index >= 15 is 0 Å². The number of hydrogen-bond donors (Lipinski definition) is 1. The highest BCUT2D eigenvalue weighted by molar-refractivity contribution is 5.30. The minimum absolute atomic E-state index is 0.874. The zero-order valence-electron chi connectivity index (χ0n) is 12.5. The van der Waals surface area contributed by atoms with Crippen molar-refractivity contribution in [1.82, 2.24) is 15.1 Å². The Morgan fingerprint density at radius 1 is 1.11 bits per heavy atom. The first-order chi connectivity index (χ1) is 8.99. The Morgan fingerprint density at radius 3 is 2.47 bits per heavy atom. The summed E-state index contributed by atoms with van der Waals surface area (Å²) in [5.74, 6) is 0. The minimum atomic E-state index is 0.874. The molecule has 0 saturated heterocycles. The predicted molar refractivity (Wildman–Crippen MR) is 79.1 cm³/mol. The van der Waals surface area contributed by atoms with E-state index in [1.165, 1.54) is 27.9 Å². The van der Waals surface area contributed by atoms with Crippen LogP contribution in [0.1, 0.15) is 33.6 Å². The van der Waals surface area contributed by atoms with Crippen LogP contribution in [-0.4, -0.2) is 9.78 Å². The molecule has 1 heterocycles. The van der Waals surface area contributed by atoms with Crippen LogP contribution in [0, 0.1) is 27.7 Å². The fourth-order valence-electron chi connectivity index (χ4n) is 2.39. The molecule has 0 atom stereocenters. The lowest BCUT2D eigenvalue weighted by atomic mass is 10.1. The SMILES string of the molecule is Cc1ccc(C)c(CNCc2c(C)nn(C)c2C)c1. The van der Waals surface area contributed by atoms with Crippen molar-refractivity contribution in [1.29, 1.82) is 0 Å². The van der Waals surface area contributed by atoms with Crippen molar-refractivity contribution >= 4 is 0 Å². The number of aromatic nitrogens is 2. The molecule has 0 saturated carbocycles. The Hall–Kier alpha value is -1.61. The van der Waals surface area contributed by atoms with E-state index in [0.717, 1.165) is 18.8 Å². The molecule has 2 aromatic rings. The van der Waals surface area contributed by atoms with Crippen molar-refractivity contribution in [3.8, 4) is 0 Å². The number of aryl methyl sites for hydroxylation is 4. The highest BCUT2D eigenvalue weighted by atomic mass is 15.3. The van der Waals surface area contributed by atoms with Crippen molar-refractivity contribution in [3.63, 3.8) is 0 Å². The third kappa shape index (κ3) is 3.04. The summed E-state index contributed by atoms with van der Waals surface area (Å²) < 4.78 is 1.95. The third-order valence-corrected chi connectivity index (χ3v) is 3.78. The minimum Gasteiger partial charge on any atom is -0.308 e. The number of nitrogens with one attached hydrogen (secondary N) is 1. The first-order valence-electron chi connectivity index (χ1n) is 6.75. The van der Waals surface area contributed by atoms with Gasteiger partial charge in [0.05, 0.1) is 5.69 Å². The van der Waals surface area contributed by atoms with Gasteiger partial charge in [0.15, 0.2) is 0 Å². The summed E-state index contributed by atoms with van der Waals surface area (Å²) in [6, 6.07) is 6.60. The number of nitrogens with zero attached hydrogens (tertiary/aromatic N) is 2. The van der Waals surface area contributed by atoms with Crippen molar-refractivity contribution in [2.45, 2.75) is 40.8 Å². The molecule has 1 N–H and O–H groups in total. The van der Waals surface area contributed by atoms with Crippen molar-refractivity contribution in [3.05, 3.63) is 51.8 Å².